The summed E-state index contributed by atoms with van der Waals surface area (Å²) in [4.78, 5) is 39.9. The molecule has 1 saturated heterocycles. The Morgan fingerprint density at radius 2 is 1.75 bits per heavy atom. The molecule has 1 aliphatic rings. The zero-order valence-corrected chi connectivity index (χ0v) is 27.1. The highest BCUT2D eigenvalue weighted by Crippen LogP contribution is 2.34. The molecule has 2 heterocycles. The zero-order valence-electron chi connectivity index (χ0n) is 27.1. The number of halogens is 3. The van der Waals surface area contributed by atoms with Crippen molar-refractivity contribution in [1.29, 1.82) is 0 Å². The molecule has 0 aliphatic carbocycles. The number of benzene rings is 3. The molecule has 256 valence electrons. The van der Waals surface area contributed by atoms with Gasteiger partial charge in [-0.15, -0.1) is 0 Å². The van der Waals surface area contributed by atoms with Crippen molar-refractivity contribution in [3.8, 4) is 0 Å². The van der Waals surface area contributed by atoms with E-state index in [9.17, 15) is 27.9 Å². The summed E-state index contributed by atoms with van der Waals surface area (Å²) < 4.78 is 40.1. The molecule has 0 unspecified atom stereocenters. The second-order valence-electron chi connectivity index (χ2n) is 12.3. The van der Waals surface area contributed by atoms with Crippen LogP contribution in [-0.4, -0.2) is 58.7 Å². The summed E-state index contributed by atoms with van der Waals surface area (Å²) in [5, 5.41) is 25.4. The molecule has 2 atom stereocenters. The molecule has 1 aromatic heterocycles. The Morgan fingerprint density at radius 1 is 1.06 bits per heavy atom. The topological polar surface area (TPSA) is 135 Å². The number of fused-ring (bicyclic) bond motifs is 1. The molecule has 4 aromatic rings. The van der Waals surface area contributed by atoms with Crippen LogP contribution in [0.15, 0.2) is 72.9 Å². The van der Waals surface area contributed by atoms with E-state index in [0.717, 1.165) is 47.0 Å². The number of carboxylic acid groups (broad SMARTS) is 1. The van der Waals surface area contributed by atoms with E-state index < -0.39 is 35.3 Å². The Labute approximate surface area is 277 Å². The summed E-state index contributed by atoms with van der Waals surface area (Å²) in [5.74, 6) is -0.390. The fourth-order valence-electron chi connectivity index (χ4n) is 5.90. The average molecular weight is 667 g/mol. The number of aryl methyl sites for hydroxylation is 1. The van der Waals surface area contributed by atoms with Gasteiger partial charge in [0, 0.05) is 42.2 Å². The maximum atomic E-state index is 13.9. The number of H-pyrrole nitrogens is 1. The second-order valence-corrected chi connectivity index (χ2v) is 12.3. The van der Waals surface area contributed by atoms with Gasteiger partial charge in [0.05, 0.1) is 28.9 Å². The number of carbonyl (C=O) groups excluding carboxylic acids is 2. The Kier molecular flexibility index (Phi) is 11.7. The Balaban J connectivity index is 0.00000167. The molecular formula is C36H41F3N4O5. The van der Waals surface area contributed by atoms with Gasteiger partial charge in [-0.2, -0.15) is 13.2 Å². The van der Waals surface area contributed by atoms with Crippen molar-refractivity contribution >= 4 is 34.9 Å². The van der Waals surface area contributed by atoms with Gasteiger partial charge in [0.25, 0.3) is 12.4 Å². The van der Waals surface area contributed by atoms with Gasteiger partial charge >= 0.3 is 6.18 Å². The first-order valence-corrected chi connectivity index (χ1v) is 15.8. The van der Waals surface area contributed by atoms with Gasteiger partial charge in [-0.05, 0) is 74.1 Å². The highest BCUT2D eigenvalue weighted by molar-refractivity contribution is 6.08. The number of aromatic amines is 1. The third-order valence-electron chi connectivity index (χ3n) is 8.61. The van der Waals surface area contributed by atoms with E-state index in [0.29, 0.717) is 36.2 Å². The first-order valence-electron chi connectivity index (χ1n) is 15.8. The molecule has 5 rings (SSSR count). The highest BCUT2D eigenvalue weighted by atomic mass is 19.4. The summed E-state index contributed by atoms with van der Waals surface area (Å²) in [5.41, 5.74) is 2.52. The molecule has 1 fully saturated rings. The van der Waals surface area contributed by atoms with Crippen molar-refractivity contribution in [2.24, 2.45) is 0 Å². The van der Waals surface area contributed by atoms with Crippen molar-refractivity contribution in [2.45, 2.75) is 70.3 Å². The number of alkyl halides is 3. The first-order chi connectivity index (χ1) is 22.8. The number of anilines is 1. The lowest BCUT2D eigenvalue weighted by Crippen LogP contribution is -2.51. The third kappa shape index (κ3) is 8.61. The van der Waals surface area contributed by atoms with Crippen LogP contribution in [0.25, 0.3) is 10.9 Å². The summed E-state index contributed by atoms with van der Waals surface area (Å²) >= 11 is 0. The van der Waals surface area contributed by atoms with Gasteiger partial charge in [-0.1, -0.05) is 49.4 Å². The number of hydrogen-bond donors (Lipinski definition) is 5. The van der Waals surface area contributed by atoms with E-state index in [4.69, 9.17) is 9.90 Å². The smallest absolute Gasteiger partial charge is 0.416 e. The fraction of sp³-hybridized carbons (Fsp3) is 0.361. The van der Waals surface area contributed by atoms with Gasteiger partial charge in [0.15, 0.2) is 0 Å². The second kappa shape index (κ2) is 15.5. The van der Waals surface area contributed by atoms with Crippen LogP contribution in [0.1, 0.15) is 66.2 Å². The minimum absolute atomic E-state index is 0.00534. The molecule has 0 spiro atoms. The highest BCUT2D eigenvalue weighted by Gasteiger charge is 2.33. The lowest BCUT2D eigenvalue weighted by molar-refractivity contribution is -0.137. The van der Waals surface area contributed by atoms with Crippen LogP contribution in [0.2, 0.25) is 0 Å². The number of rotatable bonds is 11. The van der Waals surface area contributed by atoms with E-state index in [1.807, 2.05) is 49.5 Å². The van der Waals surface area contributed by atoms with Crippen molar-refractivity contribution in [3.05, 3.63) is 101 Å². The number of aliphatic hydroxyl groups excluding tert-OH is 1. The summed E-state index contributed by atoms with van der Waals surface area (Å²) in [6, 6.07) is 17.4. The standard InChI is InChI=1S/C35H39F3N4O3.CH2O2/c1-4-23-20-39-32-27(23)17-24(18-29(32)42-15-9-14-31(42)44)33(45)41-28(16-22-10-6-5-7-11-22)30(43)21-40-34(2,3)25-12-8-13-26(19-25)35(36,37)38;2-1-3/h5-8,10-13,17-20,28,30,39-40,43H,4,9,14-16,21H2,1-3H3,(H,41,45);1H,(H,2,3)/t28-,30+;/m0./s1. The van der Waals surface area contributed by atoms with Crippen LogP contribution in [-0.2, 0) is 34.1 Å². The monoisotopic (exact) mass is 666 g/mol. The van der Waals surface area contributed by atoms with Crippen LogP contribution in [0.5, 0.6) is 0 Å². The predicted molar refractivity (Wildman–Crippen MR) is 178 cm³/mol. The molecule has 48 heavy (non-hydrogen) atoms. The maximum Gasteiger partial charge on any atom is 0.416 e. The summed E-state index contributed by atoms with van der Waals surface area (Å²) in [6.45, 7) is 5.85. The summed E-state index contributed by atoms with van der Waals surface area (Å²) in [7, 11) is 0. The largest absolute Gasteiger partial charge is 0.483 e. The quantitative estimate of drug-likeness (QED) is 0.129. The molecule has 1 aliphatic heterocycles. The number of amides is 2. The molecule has 3 aromatic carbocycles. The SMILES string of the molecule is CCc1c[nH]c2c(N3CCCC3=O)cc(C(=O)N[C@@H](Cc3ccccc3)[C@H](O)CNC(C)(C)c3cccc(C(F)(F)F)c3)cc12.O=CO. The fourth-order valence-corrected chi connectivity index (χ4v) is 5.90. The number of aliphatic hydroxyl groups is 1. The Bertz CT molecular complexity index is 1720. The first kappa shape index (κ1) is 36.2. The van der Waals surface area contributed by atoms with Gasteiger partial charge < -0.3 is 30.7 Å². The van der Waals surface area contributed by atoms with Crippen LogP contribution < -0.4 is 15.5 Å². The van der Waals surface area contributed by atoms with Gasteiger partial charge in [0.2, 0.25) is 5.91 Å². The molecule has 2 amide bonds. The molecule has 9 nitrogen and oxygen atoms in total. The normalized spacial score (nSPS) is 14.7. The predicted octanol–water partition coefficient (Wildman–Crippen LogP) is 5.80. The zero-order chi connectivity index (χ0) is 35.1. The number of hydrogen-bond acceptors (Lipinski definition) is 5. The van der Waals surface area contributed by atoms with Crippen LogP contribution in [0, 0.1) is 0 Å². The lowest BCUT2D eigenvalue weighted by atomic mass is 9.92. The van der Waals surface area contributed by atoms with E-state index in [1.54, 1.807) is 30.9 Å². The van der Waals surface area contributed by atoms with E-state index in [1.165, 1.54) is 6.07 Å². The summed E-state index contributed by atoms with van der Waals surface area (Å²) in [6.07, 6.45) is -1.40. The van der Waals surface area contributed by atoms with Crippen molar-refractivity contribution in [3.63, 3.8) is 0 Å². The van der Waals surface area contributed by atoms with Gasteiger partial charge in [-0.3, -0.25) is 14.4 Å². The van der Waals surface area contributed by atoms with Crippen LogP contribution >= 0.6 is 0 Å². The molecule has 0 saturated carbocycles. The number of aromatic nitrogens is 1. The van der Waals surface area contributed by atoms with Crippen LogP contribution in [0.4, 0.5) is 18.9 Å². The average Bonchev–Trinajstić information content (AvgIpc) is 3.69. The number of nitrogens with one attached hydrogen (secondary N) is 3. The molecule has 0 bridgehead atoms. The lowest BCUT2D eigenvalue weighted by Gasteiger charge is -2.31. The Morgan fingerprint density at radius 3 is 2.38 bits per heavy atom. The van der Waals surface area contributed by atoms with Gasteiger partial charge in [0.1, 0.15) is 0 Å². The Hall–Kier alpha value is -4.68. The van der Waals surface area contributed by atoms with Gasteiger partial charge in [-0.25, -0.2) is 0 Å². The molecule has 5 N–H and O–H groups in total. The minimum atomic E-state index is -4.47. The van der Waals surface area contributed by atoms with E-state index in [-0.39, 0.29) is 18.9 Å². The molecule has 12 heteroatoms. The molecular weight excluding hydrogens is 625 g/mol. The van der Waals surface area contributed by atoms with Crippen LogP contribution in [0.3, 0.4) is 0 Å². The number of nitrogens with zero attached hydrogens (tertiary/aromatic N) is 1. The minimum Gasteiger partial charge on any atom is -0.483 e. The van der Waals surface area contributed by atoms with Crippen molar-refractivity contribution in [1.82, 2.24) is 15.6 Å². The van der Waals surface area contributed by atoms with Crippen molar-refractivity contribution < 1.29 is 37.8 Å². The third-order valence-corrected chi connectivity index (χ3v) is 8.61. The van der Waals surface area contributed by atoms with E-state index >= 15 is 0 Å². The maximum absolute atomic E-state index is 13.9. The number of carbonyl (C=O) groups is 3. The molecule has 0 radical (unpaired) electrons. The van der Waals surface area contributed by atoms with E-state index in [2.05, 4.69) is 15.6 Å². The van der Waals surface area contributed by atoms with Crippen molar-refractivity contribution in [2.75, 3.05) is 18.0 Å².